The molecule has 1 aromatic heterocycles. The van der Waals surface area contributed by atoms with Gasteiger partial charge in [0.2, 0.25) is 0 Å². The molecule has 0 spiro atoms. The molecule has 136 valence electrons. The van der Waals surface area contributed by atoms with E-state index in [1.54, 1.807) is 14.2 Å². The lowest BCUT2D eigenvalue weighted by Crippen LogP contribution is -2.41. The number of aryl methyl sites for hydroxylation is 1. The Morgan fingerprint density at radius 3 is 2.35 bits per heavy atom. The number of ether oxygens (including phenoxy) is 2. The molecule has 0 aliphatic carbocycles. The van der Waals surface area contributed by atoms with Crippen LogP contribution < -0.4 is 14.9 Å². The van der Waals surface area contributed by atoms with E-state index in [1.165, 1.54) is 0 Å². The van der Waals surface area contributed by atoms with Gasteiger partial charge in [0.25, 0.3) is 0 Å². The average molecular weight is 353 g/mol. The second-order valence-electron chi connectivity index (χ2n) is 6.23. The SMILES string of the molecule is CCn1cc(C(=[NH2+])CC(O)c2ccc(OC)cc2)c2ccc(OC)cc21. The van der Waals surface area contributed by atoms with Crippen LogP contribution in [0, 0.1) is 0 Å². The van der Waals surface area contributed by atoms with Gasteiger partial charge in [0, 0.05) is 24.2 Å². The Morgan fingerprint density at radius 2 is 1.73 bits per heavy atom. The van der Waals surface area contributed by atoms with Gasteiger partial charge in [-0.2, -0.15) is 0 Å². The highest BCUT2D eigenvalue weighted by Gasteiger charge is 2.20. The van der Waals surface area contributed by atoms with Gasteiger partial charge in [-0.25, -0.2) is 0 Å². The third-order valence-corrected chi connectivity index (χ3v) is 4.69. The molecule has 0 saturated heterocycles. The van der Waals surface area contributed by atoms with Gasteiger partial charge in [-0.15, -0.1) is 0 Å². The van der Waals surface area contributed by atoms with E-state index in [-0.39, 0.29) is 0 Å². The van der Waals surface area contributed by atoms with E-state index >= 15 is 0 Å². The molecule has 0 radical (unpaired) electrons. The van der Waals surface area contributed by atoms with Crippen LogP contribution in [0.5, 0.6) is 11.5 Å². The van der Waals surface area contributed by atoms with E-state index in [2.05, 4.69) is 11.5 Å². The van der Waals surface area contributed by atoms with Gasteiger partial charge in [-0.1, -0.05) is 12.1 Å². The Kier molecular flexibility index (Phi) is 5.28. The molecule has 0 fully saturated rings. The molecular formula is C21H25N2O3+. The summed E-state index contributed by atoms with van der Waals surface area (Å²) in [5, 5.41) is 18.0. The maximum absolute atomic E-state index is 10.6. The number of hydrogen-bond acceptors (Lipinski definition) is 3. The summed E-state index contributed by atoms with van der Waals surface area (Å²) in [6.07, 6.45) is 1.74. The number of nitrogens with two attached hydrogens (primary N) is 1. The van der Waals surface area contributed by atoms with Gasteiger partial charge in [0.15, 0.2) is 5.71 Å². The molecule has 26 heavy (non-hydrogen) atoms. The van der Waals surface area contributed by atoms with Crippen LogP contribution >= 0.6 is 0 Å². The zero-order valence-electron chi connectivity index (χ0n) is 15.4. The molecule has 0 amide bonds. The maximum Gasteiger partial charge on any atom is 0.185 e. The minimum Gasteiger partial charge on any atom is -0.497 e. The van der Waals surface area contributed by atoms with Crippen molar-refractivity contribution in [3.05, 3.63) is 59.8 Å². The molecule has 3 rings (SSSR count). The number of fused-ring (bicyclic) bond motifs is 1. The molecule has 0 saturated carbocycles. The molecule has 0 aliphatic rings. The van der Waals surface area contributed by atoms with Gasteiger partial charge >= 0.3 is 0 Å². The van der Waals surface area contributed by atoms with Crippen LogP contribution in [0.2, 0.25) is 0 Å². The standard InChI is InChI=1S/C21H24N2O3/c1-4-23-13-18(17-10-9-16(26-3)11-20(17)23)19(22)12-21(24)14-5-7-15(25-2)8-6-14/h5-11,13,21-22,24H,4,12H2,1-3H3/p+1. The Bertz CT molecular complexity index is 913. The second-order valence-corrected chi connectivity index (χ2v) is 6.23. The number of benzene rings is 2. The van der Waals surface area contributed by atoms with E-state index < -0.39 is 6.10 Å². The Morgan fingerprint density at radius 1 is 1.08 bits per heavy atom. The number of methoxy groups -OCH3 is 2. The number of rotatable bonds is 7. The first-order valence-electron chi connectivity index (χ1n) is 8.68. The fourth-order valence-corrected chi connectivity index (χ4v) is 3.18. The first-order valence-corrected chi connectivity index (χ1v) is 8.68. The molecule has 1 unspecified atom stereocenters. The normalized spacial score (nSPS) is 12.2. The largest absolute Gasteiger partial charge is 0.497 e. The molecule has 3 N–H and O–H groups in total. The lowest BCUT2D eigenvalue weighted by atomic mass is 9.99. The monoisotopic (exact) mass is 353 g/mol. The summed E-state index contributed by atoms with van der Waals surface area (Å²) in [5.74, 6) is 1.58. The number of aliphatic hydroxyl groups excluding tert-OH is 1. The topological polar surface area (TPSA) is 69.2 Å². The van der Waals surface area contributed by atoms with E-state index in [4.69, 9.17) is 14.9 Å². The van der Waals surface area contributed by atoms with Crippen LogP contribution in [0.25, 0.3) is 10.9 Å². The zero-order chi connectivity index (χ0) is 18.7. The van der Waals surface area contributed by atoms with Gasteiger partial charge in [-0.05, 0) is 36.8 Å². The minimum atomic E-state index is -0.667. The summed E-state index contributed by atoms with van der Waals surface area (Å²) in [6.45, 7) is 2.92. The molecular weight excluding hydrogens is 328 g/mol. The van der Waals surface area contributed by atoms with Crippen LogP contribution in [-0.2, 0) is 6.54 Å². The molecule has 0 aliphatic heterocycles. The smallest absolute Gasteiger partial charge is 0.185 e. The average Bonchev–Trinajstić information content (AvgIpc) is 3.05. The van der Waals surface area contributed by atoms with Gasteiger partial charge < -0.3 is 19.1 Å². The Labute approximate surface area is 153 Å². The number of aliphatic hydroxyl groups is 1. The highest BCUT2D eigenvalue weighted by molar-refractivity contribution is 6.08. The van der Waals surface area contributed by atoms with E-state index in [0.29, 0.717) is 12.1 Å². The van der Waals surface area contributed by atoms with Crippen LogP contribution in [0.3, 0.4) is 0 Å². The first kappa shape index (κ1) is 18.0. The third kappa shape index (κ3) is 3.44. The van der Waals surface area contributed by atoms with E-state index in [1.807, 2.05) is 48.7 Å². The molecule has 5 heteroatoms. The van der Waals surface area contributed by atoms with Crippen molar-refractivity contribution in [2.75, 3.05) is 14.2 Å². The summed E-state index contributed by atoms with van der Waals surface area (Å²) in [5.41, 5.74) is 3.51. The highest BCUT2D eigenvalue weighted by Crippen LogP contribution is 2.28. The van der Waals surface area contributed by atoms with E-state index in [0.717, 1.165) is 40.1 Å². The number of aromatic nitrogens is 1. The maximum atomic E-state index is 10.6. The highest BCUT2D eigenvalue weighted by atomic mass is 16.5. The van der Waals surface area contributed by atoms with Crippen LogP contribution in [-0.4, -0.2) is 29.6 Å². The lowest BCUT2D eigenvalue weighted by molar-refractivity contribution is -0.117. The van der Waals surface area contributed by atoms with Crippen molar-refractivity contribution in [1.82, 2.24) is 4.57 Å². The Balaban J connectivity index is 1.87. The predicted molar refractivity (Wildman–Crippen MR) is 103 cm³/mol. The molecule has 1 heterocycles. The molecule has 5 nitrogen and oxygen atoms in total. The lowest BCUT2D eigenvalue weighted by Gasteiger charge is -2.10. The zero-order valence-corrected chi connectivity index (χ0v) is 15.4. The first-order chi connectivity index (χ1) is 12.6. The van der Waals surface area contributed by atoms with Crippen molar-refractivity contribution in [1.29, 1.82) is 0 Å². The second kappa shape index (κ2) is 7.62. The van der Waals surface area contributed by atoms with Crippen LogP contribution in [0.15, 0.2) is 48.7 Å². The fourth-order valence-electron chi connectivity index (χ4n) is 3.18. The summed E-state index contributed by atoms with van der Waals surface area (Å²) >= 11 is 0. The number of hydrogen-bond donors (Lipinski definition) is 2. The quantitative estimate of drug-likeness (QED) is 0.641. The van der Waals surface area contributed by atoms with Crippen LogP contribution in [0.1, 0.15) is 30.6 Å². The van der Waals surface area contributed by atoms with E-state index in [9.17, 15) is 5.11 Å². The summed E-state index contributed by atoms with van der Waals surface area (Å²) in [7, 11) is 3.28. The number of nitrogens with zero attached hydrogens (tertiary/aromatic N) is 1. The minimum absolute atomic E-state index is 0.362. The summed E-state index contributed by atoms with van der Waals surface area (Å²) in [4.78, 5) is 0. The fraction of sp³-hybridized carbons (Fsp3) is 0.286. The van der Waals surface area contributed by atoms with Crippen molar-refractivity contribution in [2.24, 2.45) is 0 Å². The van der Waals surface area contributed by atoms with Gasteiger partial charge in [-0.3, -0.25) is 5.41 Å². The van der Waals surface area contributed by atoms with Gasteiger partial charge in [0.1, 0.15) is 11.5 Å². The molecule has 0 bridgehead atoms. The van der Waals surface area contributed by atoms with Crippen molar-refractivity contribution in [2.45, 2.75) is 26.0 Å². The predicted octanol–water partition coefficient (Wildman–Crippen LogP) is 2.35. The molecule has 3 aromatic rings. The summed E-state index contributed by atoms with van der Waals surface area (Å²) < 4.78 is 12.6. The Hall–Kier alpha value is -2.79. The molecule has 2 aromatic carbocycles. The van der Waals surface area contributed by atoms with Crippen molar-refractivity contribution in [3.63, 3.8) is 0 Å². The summed E-state index contributed by atoms with van der Waals surface area (Å²) in [6, 6.07) is 13.3. The van der Waals surface area contributed by atoms with Crippen molar-refractivity contribution >= 4 is 16.6 Å². The van der Waals surface area contributed by atoms with Crippen molar-refractivity contribution in [3.8, 4) is 11.5 Å². The third-order valence-electron chi connectivity index (χ3n) is 4.69. The van der Waals surface area contributed by atoms with Crippen LogP contribution in [0.4, 0.5) is 0 Å². The van der Waals surface area contributed by atoms with Gasteiger partial charge in [0.05, 0.1) is 37.8 Å². The van der Waals surface area contributed by atoms with Crippen molar-refractivity contribution < 1.29 is 20.0 Å². The molecule has 1 atom stereocenters.